The predicted molar refractivity (Wildman–Crippen MR) is 85.2 cm³/mol. The number of ether oxygens (including phenoxy) is 1. The topological polar surface area (TPSA) is 38.5 Å². The SMILES string of the molecule is CC(C)N1CCOC(CN)C1c1csc2ccccc12. The van der Waals surface area contributed by atoms with Gasteiger partial charge in [0.25, 0.3) is 0 Å². The molecule has 108 valence electrons. The molecule has 1 aromatic carbocycles. The van der Waals surface area contributed by atoms with Gasteiger partial charge in [0.2, 0.25) is 0 Å². The fraction of sp³-hybridized carbons (Fsp3) is 0.500. The molecule has 0 radical (unpaired) electrons. The number of morpholine rings is 1. The molecule has 2 unspecified atom stereocenters. The van der Waals surface area contributed by atoms with Gasteiger partial charge in [-0.25, -0.2) is 0 Å². The molecule has 4 heteroatoms. The molecule has 0 amide bonds. The third-order valence-electron chi connectivity index (χ3n) is 4.12. The van der Waals surface area contributed by atoms with Gasteiger partial charge in [-0.15, -0.1) is 11.3 Å². The number of benzene rings is 1. The lowest BCUT2D eigenvalue weighted by atomic mass is 9.96. The van der Waals surface area contributed by atoms with E-state index < -0.39 is 0 Å². The largest absolute Gasteiger partial charge is 0.374 e. The van der Waals surface area contributed by atoms with Crippen molar-refractivity contribution in [1.82, 2.24) is 4.90 Å². The third kappa shape index (κ3) is 2.37. The number of hydrogen-bond donors (Lipinski definition) is 1. The molecule has 1 aromatic heterocycles. The Morgan fingerprint density at radius 1 is 1.40 bits per heavy atom. The van der Waals surface area contributed by atoms with Crippen LogP contribution >= 0.6 is 11.3 Å². The average Bonchev–Trinajstić information content (AvgIpc) is 2.90. The second-order valence-corrected chi connectivity index (χ2v) is 6.52. The van der Waals surface area contributed by atoms with E-state index in [1.54, 1.807) is 0 Å². The van der Waals surface area contributed by atoms with Crippen molar-refractivity contribution >= 4 is 21.4 Å². The minimum atomic E-state index is 0.0872. The van der Waals surface area contributed by atoms with Crippen LogP contribution in [0.15, 0.2) is 29.6 Å². The average molecular weight is 290 g/mol. The highest BCUT2D eigenvalue weighted by atomic mass is 32.1. The Balaban J connectivity index is 2.06. The molecule has 1 saturated heterocycles. The number of hydrogen-bond acceptors (Lipinski definition) is 4. The first-order valence-corrected chi connectivity index (χ1v) is 8.14. The van der Waals surface area contributed by atoms with Crippen LogP contribution in [0.1, 0.15) is 25.5 Å². The Kier molecular flexibility index (Phi) is 4.08. The predicted octanol–water partition coefficient (Wildman–Crippen LogP) is 3.01. The van der Waals surface area contributed by atoms with Crippen molar-refractivity contribution in [3.63, 3.8) is 0 Å². The quantitative estimate of drug-likeness (QED) is 0.944. The molecule has 0 spiro atoms. The third-order valence-corrected chi connectivity index (χ3v) is 5.10. The number of nitrogens with zero attached hydrogens (tertiary/aromatic N) is 1. The van der Waals surface area contributed by atoms with Crippen molar-refractivity contribution < 1.29 is 4.74 Å². The molecule has 2 aromatic rings. The highest BCUT2D eigenvalue weighted by Crippen LogP contribution is 2.38. The van der Waals surface area contributed by atoms with Gasteiger partial charge in [0.05, 0.1) is 18.8 Å². The molecule has 0 saturated carbocycles. The molecule has 3 nitrogen and oxygen atoms in total. The lowest BCUT2D eigenvalue weighted by Gasteiger charge is -2.43. The molecule has 20 heavy (non-hydrogen) atoms. The van der Waals surface area contributed by atoms with Gasteiger partial charge >= 0.3 is 0 Å². The van der Waals surface area contributed by atoms with E-state index in [0.29, 0.717) is 12.6 Å². The van der Waals surface area contributed by atoms with Gasteiger partial charge in [-0.05, 0) is 36.2 Å². The van der Waals surface area contributed by atoms with Crippen molar-refractivity contribution in [2.24, 2.45) is 5.73 Å². The fourth-order valence-electron chi connectivity index (χ4n) is 3.14. The highest BCUT2D eigenvalue weighted by molar-refractivity contribution is 7.17. The smallest absolute Gasteiger partial charge is 0.0894 e. The van der Waals surface area contributed by atoms with Crippen molar-refractivity contribution in [3.8, 4) is 0 Å². The van der Waals surface area contributed by atoms with Crippen molar-refractivity contribution in [2.45, 2.75) is 32.0 Å². The summed E-state index contributed by atoms with van der Waals surface area (Å²) in [5.74, 6) is 0. The van der Waals surface area contributed by atoms with E-state index in [2.05, 4.69) is 48.4 Å². The monoisotopic (exact) mass is 290 g/mol. The Bertz CT molecular complexity index is 581. The molecule has 2 atom stereocenters. The lowest BCUT2D eigenvalue weighted by Crippen LogP contribution is -2.50. The standard InChI is InChI=1S/C16H22N2OS/c1-11(2)18-7-8-19-14(9-17)16(18)13-10-20-15-6-4-3-5-12(13)15/h3-6,10-11,14,16H,7-9,17H2,1-2H3. The van der Waals surface area contributed by atoms with Gasteiger partial charge in [0.15, 0.2) is 0 Å². The van der Waals surface area contributed by atoms with E-state index in [9.17, 15) is 0 Å². The van der Waals surface area contributed by atoms with Crippen molar-refractivity contribution in [1.29, 1.82) is 0 Å². The van der Waals surface area contributed by atoms with Gasteiger partial charge in [0, 0.05) is 23.8 Å². The minimum absolute atomic E-state index is 0.0872. The van der Waals surface area contributed by atoms with Gasteiger partial charge < -0.3 is 10.5 Å². The number of thiophene rings is 1. The maximum absolute atomic E-state index is 5.96. The number of fused-ring (bicyclic) bond motifs is 1. The van der Waals surface area contributed by atoms with Crippen LogP contribution in [0.4, 0.5) is 0 Å². The van der Waals surface area contributed by atoms with E-state index in [0.717, 1.165) is 13.2 Å². The van der Waals surface area contributed by atoms with Gasteiger partial charge in [0.1, 0.15) is 0 Å². The number of nitrogens with two attached hydrogens (primary N) is 1. The lowest BCUT2D eigenvalue weighted by molar-refractivity contribution is -0.0783. The fourth-order valence-corrected chi connectivity index (χ4v) is 4.13. The Hall–Kier alpha value is -0.940. The zero-order valence-corrected chi connectivity index (χ0v) is 12.9. The van der Waals surface area contributed by atoms with Crippen LogP contribution in [-0.2, 0) is 4.74 Å². The molecular weight excluding hydrogens is 268 g/mol. The summed E-state index contributed by atoms with van der Waals surface area (Å²) < 4.78 is 7.27. The second-order valence-electron chi connectivity index (χ2n) is 5.61. The van der Waals surface area contributed by atoms with Crippen LogP contribution in [0.5, 0.6) is 0 Å². The van der Waals surface area contributed by atoms with Crippen LogP contribution in [0, 0.1) is 0 Å². The van der Waals surface area contributed by atoms with E-state index >= 15 is 0 Å². The second kappa shape index (κ2) is 5.82. The zero-order chi connectivity index (χ0) is 14.1. The van der Waals surface area contributed by atoms with Crippen molar-refractivity contribution in [2.75, 3.05) is 19.7 Å². The van der Waals surface area contributed by atoms with Gasteiger partial charge in [-0.2, -0.15) is 0 Å². The maximum Gasteiger partial charge on any atom is 0.0894 e. The normalized spacial score (nSPS) is 24.6. The summed E-state index contributed by atoms with van der Waals surface area (Å²) in [6.45, 7) is 6.82. The van der Waals surface area contributed by atoms with E-state index in [4.69, 9.17) is 10.5 Å². The number of rotatable bonds is 3. The van der Waals surface area contributed by atoms with Crippen LogP contribution in [0.3, 0.4) is 0 Å². The van der Waals surface area contributed by atoms with Gasteiger partial charge in [-0.3, -0.25) is 4.90 Å². The summed E-state index contributed by atoms with van der Waals surface area (Å²) in [6.07, 6.45) is 0.0872. The molecule has 1 aliphatic heterocycles. The summed E-state index contributed by atoms with van der Waals surface area (Å²) in [7, 11) is 0. The molecule has 2 N–H and O–H groups in total. The summed E-state index contributed by atoms with van der Waals surface area (Å²) in [5, 5.41) is 3.62. The summed E-state index contributed by atoms with van der Waals surface area (Å²) >= 11 is 1.81. The van der Waals surface area contributed by atoms with Crippen LogP contribution < -0.4 is 5.73 Å². The van der Waals surface area contributed by atoms with Gasteiger partial charge in [-0.1, -0.05) is 18.2 Å². The molecule has 3 rings (SSSR count). The first kappa shape index (κ1) is 14.0. The first-order chi connectivity index (χ1) is 9.72. The molecule has 0 bridgehead atoms. The zero-order valence-electron chi connectivity index (χ0n) is 12.1. The van der Waals surface area contributed by atoms with E-state index in [-0.39, 0.29) is 12.1 Å². The molecular formula is C16H22N2OS. The molecule has 1 fully saturated rings. The minimum Gasteiger partial charge on any atom is -0.374 e. The molecule has 1 aliphatic rings. The summed E-state index contributed by atoms with van der Waals surface area (Å²) in [6, 6.07) is 9.37. The van der Waals surface area contributed by atoms with Crippen LogP contribution in [0.25, 0.3) is 10.1 Å². The van der Waals surface area contributed by atoms with Crippen LogP contribution in [0.2, 0.25) is 0 Å². The van der Waals surface area contributed by atoms with E-state index in [1.165, 1.54) is 15.6 Å². The molecule has 0 aliphatic carbocycles. The summed E-state index contributed by atoms with van der Waals surface area (Å²) in [5.41, 5.74) is 7.33. The molecule has 2 heterocycles. The van der Waals surface area contributed by atoms with Crippen molar-refractivity contribution in [3.05, 3.63) is 35.2 Å². The Morgan fingerprint density at radius 2 is 2.20 bits per heavy atom. The maximum atomic E-state index is 5.96. The van der Waals surface area contributed by atoms with Crippen LogP contribution in [-0.4, -0.2) is 36.7 Å². The highest BCUT2D eigenvalue weighted by Gasteiger charge is 2.35. The first-order valence-electron chi connectivity index (χ1n) is 7.26. The Morgan fingerprint density at radius 3 is 2.95 bits per heavy atom. The Labute approximate surface area is 124 Å². The van der Waals surface area contributed by atoms with E-state index in [1.807, 2.05) is 11.3 Å². The summed E-state index contributed by atoms with van der Waals surface area (Å²) in [4.78, 5) is 2.52.